The molecule has 0 spiro atoms. The first kappa shape index (κ1) is 12.4. The minimum atomic E-state index is 0.467. The summed E-state index contributed by atoms with van der Waals surface area (Å²) in [6.07, 6.45) is 3.58. The van der Waals surface area contributed by atoms with Gasteiger partial charge in [-0.3, -0.25) is 4.98 Å². The van der Waals surface area contributed by atoms with Gasteiger partial charge in [-0.1, -0.05) is 17.7 Å². The second-order valence-electron chi connectivity index (χ2n) is 3.93. The van der Waals surface area contributed by atoms with Crippen LogP contribution >= 0.6 is 11.6 Å². The van der Waals surface area contributed by atoms with Crippen LogP contribution in [0.5, 0.6) is 0 Å². The number of aryl methyl sites for hydroxylation is 1. The van der Waals surface area contributed by atoms with E-state index in [1.807, 2.05) is 31.3 Å². The van der Waals surface area contributed by atoms with Crippen LogP contribution < -0.4 is 5.32 Å². The highest BCUT2D eigenvalue weighted by atomic mass is 35.5. The minimum absolute atomic E-state index is 0.467. The number of nitrogens with one attached hydrogen (secondary N) is 1. The molecule has 1 aromatic carbocycles. The van der Waals surface area contributed by atoms with Crippen LogP contribution in [0.2, 0.25) is 5.02 Å². The third-order valence-corrected chi connectivity index (χ3v) is 3.05. The Hall–Kier alpha value is -2.05. The molecule has 1 N–H and O–H groups in total. The van der Waals surface area contributed by atoms with Gasteiger partial charge in [-0.05, 0) is 36.2 Å². The van der Waals surface area contributed by atoms with E-state index in [0.29, 0.717) is 17.1 Å². The number of benzene rings is 1. The standard InChI is InChI=1S/C14H12ClN3/c1-10-8-17-6-5-11(10)9-18-14-4-2-3-13(15)12(14)7-16/h2-6,8,18H,9H2,1H3. The Morgan fingerprint density at radius 2 is 2.22 bits per heavy atom. The Balaban J connectivity index is 2.19. The molecule has 1 heterocycles. The molecule has 0 radical (unpaired) electrons. The van der Waals surface area contributed by atoms with Crippen molar-refractivity contribution in [1.29, 1.82) is 5.26 Å². The van der Waals surface area contributed by atoms with Crippen molar-refractivity contribution < 1.29 is 0 Å². The van der Waals surface area contributed by atoms with Crippen LogP contribution in [0, 0.1) is 18.3 Å². The van der Waals surface area contributed by atoms with E-state index in [-0.39, 0.29) is 0 Å². The lowest BCUT2D eigenvalue weighted by atomic mass is 10.1. The summed E-state index contributed by atoms with van der Waals surface area (Å²) in [6.45, 7) is 2.65. The molecule has 0 aliphatic carbocycles. The van der Waals surface area contributed by atoms with Crippen molar-refractivity contribution in [2.75, 3.05) is 5.32 Å². The molecule has 0 amide bonds. The Kier molecular flexibility index (Phi) is 3.81. The molecule has 0 saturated carbocycles. The highest BCUT2D eigenvalue weighted by molar-refractivity contribution is 6.32. The number of aromatic nitrogens is 1. The molecular formula is C14H12ClN3. The van der Waals surface area contributed by atoms with E-state index < -0.39 is 0 Å². The van der Waals surface area contributed by atoms with Crippen LogP contribution in [0.25, 0.3) is 0 Å². The van der Waals surface area contributed by atoms with Crippen molar-refractivity contribution in [2.24, 2.45) is 0 Å². The first-order valence-electron chi connectivity index (χ1n) is 5.54. The molecule has 0 unspecified atom stereocenters. The van der Waals surface area contributed by atoms with E-state index >= 15 is 0 Å². The smallest absolute Gasteiger partial charge is 0.103 e. The van der Waals surface area contributed by atoms with Gasteiger partial charge < -0.3 is 5.32 Å². The SMILES string of the molecule is Cc1cnccc1CNc1cccc(Cl)c1C#N. The number of halogens is 1. The zero-order valence-corrected chi connectivity index (χ0v) is 10.7. The van der Waals surface area contributed by atoms with Crippen molar-refractivity contribution in [3.05, 3.63) is 58.4 Å². The lowest BCUT2D eigenvalue weighted by molar-refractivity contribution is 1.09. The molecule has 1 aromatic heterocycles. The van der Waals surface area contributed by atoms with Gasteiger partial charge in [0.05, 0.1) is 16.3 Å². The maximum absolute atomic E-state index is 9.07. The number of pyridine rings is 1. The molecule has 3 nitrogen and oxygen atoms in total. The summed E-state index contributed by atoms with van der Waals surface area (Å²) in [5.41, 5.74) is 3.49. The first-order chi connectivity index (χ1) is 8.72. The van der Waals surface area contributed by atoms with Gasteiger partial charge in [-0.15, -0.1) is 0 Å². The molecule has 0 saturated heterocycles. The van der Waals surface area contributed by atoms with E-state index in [4.69, 9.17) is 16.9 Å². The molecule has 0 fully saturated rings. The van der Waals surface area contributed by atoms with E-state index in [1.165, 1.54) is 0 Å². The van der Waals surface area contributed by atoms with E-state index in [0.717, 1.165) is 16.8 Å². The quantitative estimate of drug-likeness (QED) is 0.915. The molecule has 18 heavy (non-hydrogen) atoms. The Bertz CT molecular complexity index is 602. The van der Waals surface area contributed by atoms with Gasteiger partial charge in [0.25, 0.3) is 0 Å². The van der Waals surface area contributed by atoms with Gasteiger partial charge >= 0.3 is 0 Å². The predicted molar refractivity (Wildman–Crippen MR) is 72.5 cm³/mol. The summed E-state index contributed by atoms with van der Waals surface area (Å²) in [7, 11) is 0. The largest absolute Gasteiger partial charge is 0.380 e. The molecule has 90 valence electrons. The van der Waals surface area contributed by atoms with Crippen molar-refractivity contribution in [2.45, 2.75) is 13.5 Å². The second kappa shape index (κ2) is 5.52. The minimum Gasteiger partial charge on any atom is -0.380 e. The van der Waals surface area contributed by atoms with Gasteiger partial charge in [-0.25, -0.2) is 0 Å². The average Bonchev–Trinajstić information content (AvgIpc) is 2.38. The summed E-state index contributed by atoms with van der Waals surface area (Å²) in [5.74, 6) is 0. The molecule has 2 aromatic rings. The van der Waals surface area contributed by atoms with E-state index in [1.54, 1.807) is 12.3 Å². The van der Waals surface area contributed by atoms with Crippen LogP contribution in [-0.4, -0.2) is 4.98 Å². The van der Waals surface area contributed by atoms with Crippen molar-refractivity contribution in [1.82, 2.24) is 4.98 Å². The summed E-state index contributed by atoms with van der Waals surface area (Å²) < 4.78 is 0. The number of nitrogens with zero attached hydrogens (tertiary/aromatic N) is 2. The summed E-state index contributed by atoms with van der Waals surface area (Å²) in [5, 5.41) is 12.8. The van der Waals surface area contributed by atoms with Crippen molar-refractivity contribution >= 4 is 17.3 Å². The Morgan fingerprint density at radius 1 is 1.39 bits per heavy atom. The number of hydrogen-bond donors (Lipinski definition) is 1. The summed E-state index contributed by atoms with van der Waals surface area (Å²) in [4.78, 5) is 4.05. The average molecular weight is 258 g/mol. The molecule has 4 heteroatoms. The van der Waals surface area contributed by atoms with Crippen LogP contribution in [0.3, 0.4) is 0 Å². The molecular weight excluding hydrogens is 246 g/mol. The lowest BCUT2D eigenvalue weighted by Crippen LogP contribution is -2.03. The third kappa shape index (κ3) is 2.61. The first-order valence-corrected chi connectivity index (χ1v) is 5.92. The highest BCUT2D eigenvalue weighted by Crippen LogP contribution is 2.23. The lowest BCUT2D eigenvalue weighted by Gasteiger charge is -2.10. The van der Waals surface area contributed by atoms with Gasteiger partial charge in [0.2, 0.25) is 0 Å². The molecule has 0 atom stereocenters. The molecule has 2 rings (SSSR count). The van der Waals surface area contributed by atoms with Crippen LogP contribution in [0.1, 0.15) is 16.7 Å². The molecule has 0 aliphatic heterocycles. The number of nitriles is 1. The molecule has 0 aliphatic rings. The topological polar surface area (TPSA) is 48.7 Å². The van der Waals surface area contributed by atoms with Gasteiger partial charge in [0.1, 0.15) is 6.07 Å². The normalized spacial score (nSPS) is 9.83. The third-order valence-electron chi connectivity index (χ3n) is 2.73. The van der Waals surface area contributed by atoms with Crippen LogP contribution in [0.15, 0.2) is 36.7 Å². The van der Waals surface area contributed by atoms with Crippen molar-refractivity contribution in [3.63, 3.8) is 0 Å². The van der Waals surface area contributed by atoms with Gasteiger partial charge in [-0.2, -0.15) is 5.26 Å². The fourth-order valence-electron chi connectivity index (χ4n) is 1.68. The van der Waals surface area contributed by atoms with Gasteiger partial charge in [0, 0.05) is 18.9 Å². The summed E-state index contributed by atoms with van der Waals surface area (Å²) in [6, 6.07) is 9.45. The van der Waals surface area contributed by atoms with Crippen molar-refractivity contribution in [3.8, 4) is 6.07 Å². The van der Waals surface area contributed by atoms with E-state index in [9.17, 15) is 0 Å². The maximum atomic E-state index is 9.07. The van der Waals surface area contributed by atoms with E-state index in [2.05, 4.69) is 16.4 Å². The zero-order chi connectivity index (χ0) is 13.0. The predicted octanol–water partition coefficient (Wildman–Crippen LogP) is 3.53. The summed E-state index contributed by atoms with van der Waals surface area (Å²) >= 11 is 5.97. The highest BCUT2D eigenvalue weighted by Gasteiger charge is 2.06. The Labute approximate surface area is 111 Å². The Morgan fingerprint density at radius 3 is 2.94 bits per heavy atom. The number of rotatable bonds is 3. The zero-order valence-electron chi connectivity index (χ0n) is 9.94. The second-order valence-corrected chi connectivity index (χ2v) is 4.34. The van der Waals surface area contributed by atoms with Gasteiger partial charge in [0.15, 0.2) is 0 Å². The maximum Gasteiger partial charge on any atom is 0.103 e. The number of hydrogen-bond acceptors (Lipinski definition) is 3. The fraction of sp³-hybridized carbons (Fsp3) is 0.143. The molecule has 0 bridgehead atoms. The fourth-order valence-corrected chi connectivity index (χ4v) is 1.89. The monoisotopic (exact) mass is 257 g/mol. The van der Waals surface area contributed by atoms with Crippen LogP contribution in [0.4, 0.5) is 5.69 Å². The van der Waals surface area contributed by atoms with Crippen LogP contribution in [-0.2, 0) is 6.54 Å². The number of anilines is 1.